The Morgan fingerprint density at radius 1 is 1.53 bits per heavy atom. The standard InChI is InChI=1S/C12H19N3O2/c1-9-10(17-8-15-9)11(16)14-7-12(13)5-3-2-4-6-12/h8H,2-7,13H2,1H3,(H,14,16). The van der Waals surface area contributed by atoms with Crippen molar-refractivity contribution in [2.24, 2.45) is 5.73 Å². The van der Waals surface area contributed by atoms with Gasteiger partial charge in [-0.05, 0) is 19.8 Å². The Hall–Kier alpha value is -1.36. The van der Waals surface area contributed by atoms with Crippen LogP contribution in [0.25, 0.3) is 0 Å². The number of aryl methyl sites for hydroxylation is 1. The summed E-state index contributed by atoms with van der Waals surface area (Å²) in [6, 6.07) is 0. The minimum Gasteiger partial charge on any atom is -0.438 e. The predicted octanol–water partition coefficient (Wildman–Crippen LogP) is 1.37. The zero-order chi connectivity index (χ0) is 12.3. The number of rotatable bonds is 3. The molecule has 94 valence electrons. The molecule has 1 fully saturated rings. The number of oxazole rings is 1. The van der Waals surface area contributed by atoms with Crippen LogP contribution in [-0.2, 0) is 0 Å². The molecule has 5 heteroatoms. The first kappa shape index (κ1) is 12.1. The zero-order valence-electron chi connectivity index (χ0n) is 10.2. The molecule has 17 heavy (non-hydrogen) atoms. The second-order valence-corrected chi connectivity index (χ2v) is 4.87. The van der Waals surface area contributed by atoms with Crippen LogP contribution in [0, 0.1) is 6.92 Å². The molecule has 3 N–H and O–H groups in total. The predicted molar refractivity (Wildman–Crippen MR) is 63.6 cm³/mol. The van der Waals surface area contributed by atoms with Crippen LogP contribution in [0.3, 0.4) is 0 Å². The Labute approximate surface area is 101 Å². The van der Waals surface area contributed by atoms with E-state index in [1.54, 1.807) is 6.92 Å². The highest BCUT2D eigenvalue weighted by atomic mass is 16.3. The third kappa shape index (κ3) is 2.85. The molecule has 1 aromatic rings. The molecular formula is C12H19N3O2. The number of nitrogens with one attached hydrogen (secondary N) is 1. The Balaban J connectivity index is 1.90. The van der Waals surface area contributed by atoms with Gasteiger partial charge in [0.05, 0.1) is 5.69 Å². The summed E-state index contributed by atoms with van der Waals surface area (Å²) in [5, 5.41) is 2.84. The number of aromatic nitrogens is 1. The first-order valence-corrected chi connectivity index (χ1v) is 6.08. The van der Waals surface area contributed by atoms with Gasteiger partial charge in [0.1, 0.15) is 0 Å². The number of hydrogen-bond donors (Lipinski definition) is 2. The maximum Gasteiger partial charge on any atom is 0.289 e. The normalized spacial score (nSPS) is 18.9. The van der Waals surface area contributed by atoms with Crippen LogP contribution in [0.15, 0.2) is 10.8 Å². The maximum atomic E-state index is 11.8. The largest absolute Gasteiger partial charge is 0.438 e. The second kappa shape index (κ2) is 4.87. The van der Waals surface area contributed by atoms with E-state index < -0.39 is 0 Å². The van der Waals surface area contributed by atoms with Crippen molar-refractivity contribution in [2.75, 3.05) is 6.54 Å². The molecule has 0 unspecified atom stereocenters. The molecule has 1 aliphatic carbocycles. The monoisotopic (exact) mass is 237 g/mol. The van der Waals surface area contributed by atoms with Gasteiger partial charge in [-0.2, -0.15) is 0 Å². The van der Waals surface area contributed by atoms with Gasteiger partial charge in [0.15, 0.2) is 6.39 Å². The SMILES string of the molecule is Cc1ncoc1C(=O)NCC1(N)CCCCC1. The maximum absolute atomic E-state index is 11.8. The molecule has 0 bridgehead atoms. The average molecular weight is 237 g/mol. The van der Waals surface area contributed by atoms with Crippen LogP contribution in [0.1, 0.15) is 48.4 Å². The average Bonchev–Trinajstić information content (AvgIpc) is 2.74. The van der Waals surface area contributed by atoms with E-state index in [1.165, 1.54) is 12.8 Å². The van der Waals surface area contributed by atoms with Crippen molar-refractivity contribution in [3.63, 3.8) is 0 Å². The summed E-state index contributed by atoms with van der Waals surface area (Å²) in [5.41, 5.74) is 6.60. The van der Waals surface area contributed by atoms with Crippen LogP contribution in [0.5, 0.6) is 0 Å². The Morgan fingerprint density at radius 3 is 2.82 bits per heavy atom. The second-order valence-electron chi connectivity index (χ2n) is 4.87. The molecule has 1 saturated carbocycles. The van der Waals surface area contributed by atoms with E-state index >= 15 is 0 Å². The number of carbonyl (C=O) groups excluding carboxylic acids is 1. The first-order valence-electron chi connectivity index (χ1n) is 6.08. The molecule has 5 nitrogen and oxygen atoms in total. The molecule has 0 spiro atoms. The van der Waals surface area contributed by atoms with Crippen LogP contribution in [0.2, 0.25) is 0 Å². The van der Waals surface area contributed by atoms with E-state index in [2.05, 4.69) is 10.3 Å². The lowest BCUT2D eigenvalue weighted by molar-refractivity contribution is 0.0909. The van der Waals surface area contributed by atoms with E-state index in [-0.39, 0.29) is 17.2 Å². The summed E-state index contributed by atoms with van der Waals surface area (Å²) in [7, 11) is 0. The van der Waals surface area contributed by atoms with Crippen molar-refractivity contribution in [2.45, 2.75) is 44.6 Å². The number of nitrogens with two attached hydrogens (primary N) is 1. The third-order valence-corrected chi connectivity index (χ3v) is 3.40. The lowest BCUT2D eigenvalue weighted by Crippen LogP contribution is -2.51. The van der Waals surface area contributed by atoms with Crippen molar-refractivity contribution in [1.29, 1.82) is 0 Å². The van der Waals surface area contributed by atoms with Gasteiger partial charge in [-0.25, -0.2) is 4.98 Å². The fourth-order valence-corrected chi connectivity index (χ4v) is 2.29. The first-order chi connectivity index (χ1) is 8.11. The van der Waals surface area contributed by atoms with Crippen molar-refractivity contribution < 1.29 is 9.21 Å². The molecular weight excluding hydrogens is 218 g/mol. The van der Waals surface area contributed by atoms with Gasteiger partial charge < -0.3 is 15.5 Å². The summed E-state index contributed by atoms with van der Waals surface area (Å²) in [5.74, 6) is 0.0554. The minimum atomic E-state index is -0.248. The number of carbonyl (C=O) groups is 1. The highest BCUT2D eigenvalue weighted by molar-refractivity contribution is 5.92. The Kier molecular flexibility index (Phi) is 3.47. The van der Waals surface area contributed by atoms with Gasteiger partial charge in [0, 0.05) is 12.1 Å². The number of hydrogen-bond acceptors (Lipinski definition) is 4. The smallest absolute Gasteiger partial charge is 0.289 e. The molecule has 0 aliphatic heterocycles. The van der Waals surface area contributed by atoms with E-state index in [9.17, 15) is 4.79 Å². The van der Waals surface area contributed by atoms with Gasteiger partial charge in [0.2, 0.25) is 5.76 Å². The van der Waals surface area contributed by atoms with Crippen molar-refractivity contribution in [3.8, 4) is 0 Å². The molecule has 1 amide bonds. The fourth-order valence-electron chi connectivity index (χ4n) is 2.29. The fraction of sp³-hybridized carbons (Fsp3) is 0.667. The minimum absolute atomic E-state index is 0.226. The third-order valence-electron chi connectivity index (χ3n) is 3.40. The highest BCUT2D eigenvalue weighted by Gasteiger charge is 2.28. The summed E-state index contributed by atoms with van der Waals surface area (Å²) in [6.45, 7) is 2.25. The number of nitrogens with zero attached hydrogens (tertiary/aromatic N) is 1. The highest BCUT2D eigenvalue weighted by Crippen LogP contribution is 2.25. The number of amides is 1. The zero-order valence-corrected chi connectivity index (χ0v) is 10.2. The topological polar surface area (TPSA) is 81.2 Å². The van der Waals surface area contributed by atoms with Crippen molar-refractivity contribution >= 4 is 5.91 Å². The lowest BCUT2D eigenvalue weighted by atomic mass is 9.82. The van der Waals surface area contributed by atoms with E-state index in [4.69, 9.17) is 10.2 Å². The van der Waals surface area contributed by atoms with Crippen LogP contribution < -0.4 is 11.1 Å². The van der Waals surface area contributed by atoms with Gasteiger partial charge in [-0.1, -0.05) is 19.3 Å². The quantitative estimate of drug-likeness (QED) is 0.832. The van der Waals surface area contributed by atoms with Gasteiger partial charge in [0.25, 0.3) is 5.91 Å². The molecule has 0 atom stereocenters. The summed E-state index contributed by atoms with van der Waals surface area (Å²) in [6.07, 6.45) is 6.77. The molecule has 0 radical (unpaired) electrons. The molecule has 1 heterocycles. The van der Waals surface area contributed by atoms with Crippen LogP contribution in [-0.4, -0.2) is 23.0 Å². The summed E-state index contributed by atoms with van der Waals surface area (Å²) < 4.78 is 5.03. The van der Waals surface area contributed by atoms with Gasteiger partial charge >= 0.3 is 0 Å². The molecule has 0 aromatic carbocycles. The molecule has 1 aliphatic rings. The van der Waals surface area contributed by atoms with Gasteiger partial charge in [-0.15, -0.1) is 0 Å². The van der Waals surface area contributed by atoms with E-state index in [0.29, 0.717) is 12.2 Å². The Bertz CT molecular complexity index is 394. The van der Waals surface area contributed by atoms with E-state index in [0.717, 1.165) is 25.7 Å². The van der Waals surface area contributed by atoms with Crippen molar-refractivity contribution in [1.82, 2.24) is 10.3 Å². The van der Waals surface area contributed by atoms with Gasteiger partial charge in [-0.3, -0.25) is 4.79 Å². The van der Waals surface area contributed by atoms with Crippen molar-refractivity contribution in [3.05, 3.63) is 17.8 Å². The van der Waals surface area contributed by atoms with Crippen LogP contribution in [0.4, 0.5) is 0 Å². The summed E-state index contributed by atoms with van der Waals surface area (Å²) in [4.78, 5) is 15.7. The van der Waals surface area contributed by atoms with Crippen LogP contribution >= 0.6 is 0 Å². The molecule has 1 aromatic heterocycles. The Morgan fingerprint density at radius 2 is 2.24 bits per heavy atom. The molecule has 0 saturated heterocycles. The van der Waals surface area contributed by atoms with E-state index in [1.807, 2.05) is 0 Å². The summed E-state index contributed by atoms with van der Waals surface area (Å²) >= 11 is 0. The molecule has 2 rings (SSSR count). The lowest BCUT2D eigenvalue weighted by Gasteiger charge is -2.33.